The Hall–Kier alpha value is -1.59. The average Bonchev–Trinajstić information content (AvgIpc) is 2.46. The number of methoxy groups -OCH3 is 1. The molecular formula is C14H19NO4. The van der Waals surface area contributed by atoms with Gasteiger partial charge in [0.1, 0.15) is 18.5 Å². The molecule has 0 N–H and O–H groups in total. The van der Waals surface area contributed by atoms with Crippen LogP contribution in [0.4, 0.5) is 0 Å². The Morgan fingerprint density at radius 1 is 1.42 bits per heavy atom. The van der Waals surface area contributed by atoms with Crippen LogP contribution in [0, 0.1) is 0 Å². The van der Waals surface area contributed by atoms with E-state index >= 15 is 0 Å². The number of hydrogen-bond acceptors (Lipinski definition) is 5. The maximum Gasteiger partial charge on any atom is 0.319 e. The molecule has 0 saturated carbocycles. The Morgan fingerprint density at radius 2 is 2.21 bits per heavy atom. The molecule has 1 fully saturated rings. The number of hydrogen-bond donors (Lipinski definition) is 0. The van der Waals surface area contributed by atoms with E-state index in [1.54, 1.807) is 0 Å². The Bertz CT molecular complexity index is 396. The molecule has 19 heavy (non-hydrogen) atoms. The molecule has 1 aromatic carbocycles. The van der Waals surface area contributed by atoms with Gasteiger partial charge in [-0.1, -0.05) is 18.2 Å². The second-order valence-corrected chi connectivity index (χ2v) is 4.43. The van der Waals surface area contributed by atoms with E-state index in [0.717, 1.165) is 12.3 Å². The molecule has 0 aliphatic carbocycles. The number of esters is 1. The van der Waals surface area contributed by atoms with Crippen LogP contribution in [0.1, 0.15) is 0 Å². The molecule has 5 nitrogen and oxygen atoms in total. The summed E-state index contributed by atoms with van der Waals surface area (Å²) in [5.74, 6) is 0.612. The monoisotopic (exact) mass is 265 g/mol. The van der Waals surface area contributed by atoms with Crippen LogP contribution in [0.15, 0.2) is 30.3 Å². The van der Waals surface area contributed by atoms with Crippen molar-refractivity contribution < 1.29 is 19.0 Å². The van der Waals surface area contributed by atoms with Crippen LogP contribution in [-0.2, 0) is 14.3 Å². The Balaban J connectivity index is 1.76. The zero-order valence-corrected chi connectivity index (χ0v) is 11.1. The molecule has 1 atom stereocenters. The lowest BCUT2D eigenvalue weighted by molar-refractivity contribution is -0.144. The van der Waals surface area contributed by atoms with Crippen LogP contribution in [-0.4, -0.2) is 56.9 Å². The zero-order chi connectivity index (χ0) is 13.5. The lowest BCUT2D eigenvalue weighted by Crippen LogP contribution is -2.46. The van der Waals surface area contributed by atoms with Crippen LogP contribution in [0.5, 0.6) is 5.75 Å². The largest absolute Gasteiger partial charge is 0.491 e. The molecule has 0 aromatic heterocycles. The number of benzene rings is 1. The van der Waals surface area contributed by atoms with Gasteiger partial charge in [0.05, 0.1) is 20.3 Å². The van der Waals surface area contributed by atoms with Gasteiger partial charge < -0.3 is 14.2 Å². The summed E-state index contributed by atoms with van der Waals surface area (Å²) in [4.78, 5) is 13.3. The molecule has 104 valence electrons. The third kappa shape index (κ3) is 4.54. The second-order valence-electron chi connectivity index (χ2n) is 4.43. The molecule has 1 heterocycles. The first kappa shape index (κ1) is 13.8. The molecule has 1 aliphatic heterocycles. The van der Waals surface area contributed by atoms with Crippen LogP contribution in [0.25, 0.3) is 0 Å². The molecule has 5 heteroatoms. The quantitative estimate of drug-likeness (QED) is 0.742. The van der Waals surface area contributed by atoms with Gasteiger partial charge in [0.15, 0.2) is 0 Å². The minimum Gasteiger partial charge on any atom is -0.491 e. The SMILES string of the molecule is COC(=O)CN1CCO[C@H](COc2ccccc2)C1. The molecule has 1 aliphatic rings. The molecule has 0 amide bonds. The van der Waals surface area contributed by atoms with Crippen molar-refractivity contribution in [3.63, 3.8) is 0 Å². The van der Waals surface area contributed by atoms with Crippen molar-refractivity contribution in [3.8, 4) is 5.75 Å². The van der Waals surface area contributed by atoms with Crippen LogP contribution in [0.3, 0.4) is 0 Å². The number of nitrogens with zero attached hydrogens (tertiary/aromatic N) is 1. The van der Waals surface area contributed by atoms with E-state index < -0.39 is 0 Å². The van der Waals surface area contributed by atoms with Gasteiger partial charge in [-0.15, -0.1) is 0 Å². The summed E-state index contributed by atoms with van der Waals surface area (Å²) in [5, 5.41) is 0. The molecule has 0 unspecified atom stereocenters. The molecule has 1 aromatic rings. The maximum absolute atomic E-state index is 11.2. The highest BCUT2D eigenvalue weighted by atomic mass is 16.5. The van der Waals surface area contributed by atoms with Crippen molar-refractivity contribution in [1.29, 1.82) is 0 Å². The van der Waals surface area contributed by atoms with Crippen molar-refractivity contribution in [2.45, 2.75) is 6.10 Å². The predicted octanol–water partition coefficient (Wildman–Crippen LogP) is 0.939. The second kappa shape index (κ2) is 7.11. The third-order valence-corrected chi connectivity index (χ3v) is 2.98. The smallest absolute Gasteiger partial charge is 0.319 e. The van der Waals surface area contributed by atoms with Gasteiger partial charge in [-0.2, -0.15) is 0 Å². The standard InChI is InChI=1S/C14H19NO4/c1-17-14(16)10-15-7-8-18-13(9-15)11-19-12-5-3-2-4-6-12/h2-6,13H,7-11H2,1H3/t13-/m0/s1. The summed E-state index contributed by atoms with van der Waals surface area (Å²) in [7, 11) is 1.40. The fourth-order valence-corrected chi connectivity index (χ4v) is 1.98. The Morgan fingerprint density at radius 3 is 2.95 bits per heavy atom. The summed E-state index contributed by atoms with van der Waals surface area (Å²) < 4.78 is 15.9. The molecule has 0 radical (unpaired) electrons. The van der Waals surface area contributed by atoms with Gasteiger partial charge >= 0.3 is 5.97 Å². The molecule has 0 spiro atoms. The molecule has 1 saturated heterocycles. The van der Waals surface area contributed by atoms with Crippen LogP contribution in [0.2, 0.25) is 0 Å². The van der Waals surface area contributed by atoms with Crippen molar-refractivity contribution in [2.24, 2.45) is 0 Å². The summed E-state index contributed by atoms with van der Waals surface area (Å²) in [6.45, 7) is 2.84. The predicted molar refractivity (Wildman–Crippen MR) is 70.1 cm³/mol. The van der Waals surface area contributed by atoms with Gasteiger partial charge in [0, 0.05) is 13.1 Å². The molecule has 0 bridgehead atoms. The van der Waals surface area contributed by atoms with Crippen molar-refractivity contribution in [1.82, 2.24) is 4.90 Å². The molecule has 2 rings (SSSR count). The highest BCUT2D eigenvalue weighted by molar-refractivity contribution is 5.71. The highest BCUT2D eigenvalue weighted by Gasteiger charge is 2.22. The first-order valence-electron chi connectivity index (χ1n) is 6.36. The van der Waals surface area contributed by atoms with E-state index in [4.69, 9.17) is 9.47 Å². The highest BCUT2D eigenvalue weighted by Crippen LogP contribution is 2.11. The average molecular weight is 265 g/mol. The van der Waals surface area contributed by atoms with E-state index in [-0.39, 0.29) is 12.1 Å². The van der Waals surface area contributed by atoms with Crippen molar-refractivity contribution in [3.05, 3.63) is 30.3 Å². The summed E-state index contributed by atoms with van der Waals surface area (Å²) in [6.07, 6.45) is -0.0152. The van der Waals surface area contributed by atoms with Crippen LogP contribution < -0.4 is 4.74 Å². The fraction of sp³-hybridized carbons (Fsp3) is 0.500. The Kier molecular flexibility index (Phi) is 5.18. The fourth-order valence-electron chi connectivity index (χ4n) is 1.98. The van der Waals surface area contributed by atoms with Gasteiger partial charge in [0.2, 0.25) is 0 Å². The number of rotatable bonds is 5. The first-order valence-corrected chi connectivity index (χ1v) is 6.36. The Labute approximate surface area is 113 Å². The minimum atomic E-state index is -0.218. The summed E-state index contributed by atoms with van der Waals surface area (Å²) in [6, 6.07) is 9.63. The van der Waals surface area contributed by atoms with E-state index in [1.165, 1.54) is 7.11 Å². The first-order chi connectivity index (χ1) is 9.28. The number of carbonyl (C=O) groups is 1. The van der Waals surface area contributed by atoms with Crippen LogP contribution >= 0.6 is 0 Å². The van der Waals surface area contributed by atoms with Gasteiger partial charge in [-0.25, -0.2) is 0 Å². The minimum absolute atomic E-state index is 0.0152. The summed E-state index contributed by atoms with van der Waals surface area (Å²) >= 11 is 0. The number of para-hydroxylation sites is 1. The number of carbonyl (C=O) groups excluding carboxylic acids is 1. The van der Waals surface area contributed by atoms with Gasteiger partial charge in [0.25, 0.3) is 0 Å². The zero-order valence-electron chi connectivity index (χ0n) is 11.1. The number of morpholine rings is 1. The van der Waals surface area contributed by atoms with E-state index in [0.29, 0.717) is 26.3 Å². The van der Waals surface area contributed by atoms with E-state index in [2.05, 4.69) is 4.74 Å². The van der Waals surface area contributed by atoms with Crippen molar-refractivity contribution in [2.75, 3.05) is 40.0 Å². The maximum atomic E-state index is 11.2. The molecular weight excluding hydrogens is 246 g/mol. The van der Waals surface area contributed by atoms with Gasteiger partial charge in [-0.05, 0) is 12.1 Å². The number of ether oxygens (including phenoxy) is 3. The summed E-state index contributed by atoms with van der Waals surface area (Å²) in [5.41, 5.74) is 0. The topological polar surface area (TPSA) is 48.0 Å². The third-order valence-electron chi connectivity index (χ3n) is 2.98. The lowest BCUT2D eigenvalue weighted by atomic mass is 10.3. The van der Waals surface area contributed by atoms with E-state index in [1.807, 2.05) is 35.2 Å². The van der Waals surface area contributed by atoms with Gasteiger partial charge in [-0.3, -0.25) is 9.69 Å². The van der Waals surface area contributed by atoms with E-state index in [9.17, 15) is 4.79 Å². The van der Waals surface area contributed by atoms with Crippen molar-refractivity contribution >= 4 is 5.97 Å². The lowest BCUT2D eigenvalue weighted by Gasteiger charge is -2.31. The normalized spacial score (nSPS) is 19.9.